The van der Waals surface area contributed by atoms with E-state index in [0.29, 0.717) is 6.61 Å². The fraction of sp³-hybridized carbons (Fsp3) is 0.455. The summed E-state index contributed by atoms with van der Waals surface area (Å²) in [5.41, 5.74) is 4.03. The summed E-state index contributed by atoms with van der Waals surface area (Å²) in [6.07, 6.45) is 5.69. The van der Waals surface area contributed by atoms with Gasteiger partial charge in [-0.1, -0.05) is 48.9 Å². The Morgan fingerprint density at radius 2 is 1.86 bits per heavy atom. The maximum atomic E-state index is 10.4. The van der Waals surface area contributed by atoms with E-state index in [2.05, 4.69) is 65.3 Å². The minimum absolute atomic E-state index is 0.321. The maximum absolute atomic E-state index is 10.4. The first-order chi connectivity index (χ1) is 13.6. The van der Waals surface area contributed by atoms with Crippen LogP contribution >= 0.6 is 20.0 Å². The fourth-order valence-corrected chi connectivity index (χ4v) is 4.35. The van der Waals surface area contributed by atoms with Crippen molar-refractivity contribution in [2.45, 2.75) is 50.5 Å². The molecule has 0 bridgehead atoms. The van der Waals surface area contributed by atoms with Gasteiger partial charge in [0, 0.05) is 11.4 Å². The van der Waals surface area contributed by atoms with Gasteiger partial charge in [-0.05, 0) is 67.7 Å². The molecule has 154 valence electrons. The standard InChI is InChI=1S/C22H32NO3PS/c1-19-17-21(18-23-14-8-15-26-27(24)25)12-13-22(19)28-16-7-3-6-11-20-9-4-2-5-10-20/h2,4-5,9-10,12-13,17,23,27H,3,6-8,11,14-16,18H2,1H3,(H,24,25). The molecule has 2 N–H and O–H groups in total. The summed E-state index contributed by atoms with van der Waals surface area (Å²) < 4.78 is 15.1. The van der Waals surface area contributed by atoms with Crippen LogP contribution in [0.1, 0.15) is 42.4 Å². The zero-order valence-electron chi connectivity index (χ0n) is 16.7. The van der Waals surface area contributed by atoms with Crippen molar-refractivity contribution in [1.82, 2.24) is 5.32 Å². The van der Waals surface area contributed by atoms with Crippen LogP contribution in [0.3, 0.4) is 0 Å². The molecule has 0 radical (unpaired) electrons. The summed E-state index contributed by atoms with van der Waals surface area (Å²) in [4.78, 5) is 9.97. The van der Waals surface area contributed by atoms with Gasteiger partial charge in [0.25, 0.3) is 0 Å². The summed E-state index contributed by atoms with van der Waals surface area (Å²) in [6, 6.07) is 17.4. The van der Waals surface area contributed by atoms with Crippen LogP contribution in [0.15, 0.2) is 53.4 Å². The Balaban J connectivity index is 1.58. The van der Waals surface area contributed by atoms with Crippen LogP contribution in [-0.4, -0.2) is 23.8 Å². The van der Waals surface area contributed by atoms with Crippen LogP contribution < -0.4 is 5.32 Å². The normalized spacial score (nSPS) is 12.2. The molecule has 0 fully saturated rings. The van der Waals surface area contributed by atoms with E-state index >= 15 is 0 Å². The molecule has 0 saturated carbocycles. The van der Waals surface area contributed by atoms with Gasteiger partial charge in [0.05, 0.1) is 6.61 Å². The van der Waals surface area contributed by atoms with E-state index in [0.717, 1.165) is 19.5 Å². The molecule has 0 saturated heterocycles. The highest BCUT2D eigenvalue weighted by Gasteiger charge is 2.02. The molecule has 2 rings (SSSR count). The smallest absolute Gasteiger partial charge is 0.316 e. The molecular formula is C22H32NO3PS. The Bertz CT molecular complexity index is 712. The van der Waals surface area contributed by atoms with Crippen molar-refractivity contribution < 1.29 is 14.0 Å². The van der Waals surface area contributed by atoms with Crippen LogP contribution in [0, 0.1) is 6.92 Å². The fourth-order valence-electron chi connectivity index (χ4n) is 3.01. The minimum Gasteiger partial charge on any atom is -0.326 e. The topological polar surface area (TPSA) is 58.6 Å². The van der Waals surface area contributed by atoms with Gasteiger partial charge in [-0.2, -0.15) is 0 Å². The van der Waals surface area contributed by atoms with E-state index in [1.165, 1.54) is 53.0 Å². The van der Waals surface area contributed by atoms with Crippen LogP contribution in [0.5, 0.6) is 0 Å². The van der Waals surface area contributed by atoms with Gasteiger partial charge in [-0.3, -0.25) is 4.57 Å². The second-order valence-corrected chi connectivity index (χ2v) is 8.85. The van der Waals surface area contributed by atoms with Crippen molar-refractivity contribution in [3.05, 3.63) is 65.2 Å². The average molecular weight is 422 g/mol. The molecule has 0 amide bonds. The Kier molecular flexibility index (Phi) is 11.6. The molecule has 0 spiro atoms. The molecule has 1 atom stereocenters. The predicted octanol–water partition coefficient (Wildman–Crippen LogP) is 5.38. The molecule has 1 unspecified atom stereocenters. The second-order valence-electron chi connectivity index (χ2n) is 6.89. The Labute approximate surface area is 174 Å². The number of thioether (sulfide) groups is 1. The summed E-state index contributed by atoms with van der Waals surface area (Å²) in [5.74, 6) is 1.17. The zero-order chi connectivity index (χ0) is 20.0. The number of aryl methyl sites for hydroxylation is 2. The molecular weight excluding hydrogens is 389 g/mol. The Morgan fingerprint density at radius 3 is 2.61 bits per heavy atom. The van der Waals surface area contributed by atoms with Gasteiger partial charge >= 0.3 is 8.25 Å². The molecule has 0 aliphatic rings. The van der Waals surface area contributed by atoms with Crippen molar-refractivity contribution in [1.29, 1.82) is 0 Å². The highest BCUT2D eigenvalue weighted by atomic mass is 32.2. The van der Waals surface area contributed by atoms with Gasteiger partial charge in [-0.15, -0.1) is 11.8 Å². The zero-order valence-corrected chi connectivity index (χ0v) is 18.5. The number of hydrogen-bond donors (Lipinski definition) is 2. The summed E-state index contributed by atoms with van der Waals surface area (Å²) in [5, 5.41) is 3.34. The lowest BCUT2D eigenvalue weighted by Crippen LogP contribution is -2.16. The average Bonchev–Trinajstić information content (AvgIpc) is 2.69. The van der Waals surface area contributed by atoms with Crippen LogP contribution in [0.4, 0.5) is 0 Å². The number of hydrogen-bond acceptors (Lipinski definition) is 4. The van der Waals surface area contributed by atoms with Gasteiger partial charge in [0.15, 0.2) is 0 Å². The molecule has 2 aromatic carbocycles. The van der Waals surface area contributed by atoms with Gasteiger partial charge in [0.1, 0.15) is 0 Å². The van der Waals surface area contributed by atoms with Crippen LogP contribution in [-0.2, 0) is 22.1 Å². The van der Waals surface area contributed by atoms with Crippen molar-refractivity contribution in [2.24, 2.45) is 0 Å². The minimum atomic E-state index is -2.79. The number of benzene rings is 2. The van der Waals surface area contributed by atoms with Gasteiger partial charge in [-0.25, -0.2) is 0 Å². The third kappa shape index (κ3) is 9.90. The summed E-state index contributed by atoms with van der Waals surface area (Å²) in [6.45, 7) is 4.07. The van der Waals surface area contributed by atoms with Crippen LogP contribution in [0.25, 0.3) is 0 Å². The monoisotopic (exact) mass is 421 g/mol. The number of rotatable bonds is 14. The third-order valence-corrected chi connectivity index (χ3v) is 6.22. The number of nitrogens with one attached hydrogen (secondary N) is 1. The quantitative estimate of drug-likeness (QED) is 0.244. The van der Waals surface area contributed by atoms with Crippen molar-refractivity contribution in [3.63, 3.8) is 0 Å². The molecule has 0 aliphatic carbocycles. The molecule has 0 aliphatic heterocycles. The third-order valence-electron chi connectivity index (χ3n) is 4.50. The van der Waals surface area contributed by atoms with E-state index in [4.69, 9.17) is 4.89 Å². The highest BCUT2D eigenvalue weighted by molar-refractivity contribution is 7.99. The van der Waals surface area contributed by atoms with Crippen LogP contribution in [0.2, 0.25) is 0 Å². The van der Waals surface area contributed by atoms with Crippen molar-refractivity contribution in [2.75, 3.05) is 18.9 Å². The largest absolute Gasteiger partial charge is 0.326 e. The maximum Gasteiger partial charge on any atom is 0.316 e. The van der Waals surface area contributed by atoms with E-state index in [9.17, 15) is 4.57 Å². The van der Waals surface area contributed by atoms with Crippen molar-refractivity contribution >= 4 is 20.0 Å². The molecule has 0 aromatic heterocycles. The molecule has 0 heterocycles. The molecule has 4 nitrogen and oxygen atoms in total. The summed E-state index contributed by atoms with van der Waals surface area (Å²) >= 11 is 1.95. The number of unbranched alkanes of at least 4 members (excludes halogenated alkanes) is 2. The van der Waals surface area contributed by atoms with Gasteiger partial charge in [0.2, 0.25) is 0 Å². The first-order valence-corrected chi connectivity index (χ1v) is 12.2. The second kappa shape index (κ2) is 14.0. The Hall–Kier alpha value is -1.10. The molecule has 28 heavy (non-hydrogen) atoms. The van der Waals surface area contributed by atoms with Crippen molar-refractivity contribution in [3.8, 4) is 0 Å². The van der Waals surface area contributed by atoms with E-state index < -0.39 is 8.25 Å². The van der Waals surface area contributed by atoms with E-state index in [-0.39, 0.29) is 0 Å². The van der Waals surface area contributed by atoms with E-state index in [1.54, 1.807) is 0 Å². The lowest BCUT2D eigenvalue weighted by molar-refractivity contribution is 0.276. The SMILES string of the molecule is Cc1cc(CNCCCO[PH](=O)O)ccc1SCCCCCc1ccccc1. The molecule has 2 aromatic rings. The first-order valence-electron chi connectivity index (χ1n) is 9.98. The van der Waals surface area contributed by atoms with E-state index in [1.807, 2.05) is 11.8 Å². The highest BCUT2D eigenvalue weighted by Crippen LogP contribution is 2.24. The lowest BCUT2D eigenvalue weighted by atomic mass is 10.1. The Morgan fingerprint density at radius 1 is 1.04 bits per heavy atom. The first kappa shape index (κ1) is 23.2. The summed E-state index contributed by atoms with van der Waals surface area (Å²) in [7, 11) is -2.79. The molecule has 6 heteroatoms. The lowest BCUT2D eigenvalue weighted by Gasteiger charge is -2.10. The van der Waals surface area contributed by atoms with Gasteiger partial charge < -0.3 is 14.7 Å². The predicted molar refractivity (Wildman–Crippen MR) is 119 cm³/mol.